The van der Waals surface area contributed by atoms with Gasteiger partial charge in [0.15, 0.2) is 0 Å². The highest BCUT2D eigenvalue weighted by atomic mass is 16.2. The summed E-state index contributed by atoms with van der Waals surface area (Å²) in [5.41, 5.74) is 1.40. The van der Waals surface area contributed by atoms with E-state index < -0.39 is 11.2 Å². The summed E-state index contributed by atoms with van der Waals surface area (Å²) in [7, 11) is 0. The van der Waals surface area contributed by atoms with Crippen molar-refractivity contribution in [3.63, 3.8) is 0 Å². The van der Waals surface area contributed by atoms with Crippen LogP contribution in [0.1, 0.15) is 27.7 Å². The van der Waals surface area contributed by atoms with Crippen molar-refractivity contribution in [3.8, 4) is 0 Å². The number of fused-ring (bicyclic) bond motifs is 1. The molecular weight excluding hydrogens is 220 g/mol. The van der Waals surface area contributed by atoms with Gasteiger partial charge >= 0.3 is 5.69 Å². The average Bonchev–Trinajstić information content (AvgIpc) is 2.20. The molecule has 1 aliphatic rings. The van der Waals surface area contributed by atoms with Crippen LogP contribution in [0.15, 0.2) is 21.0 Å². The van der Waals surface area contributed by atoms with E-state index in [9.17, 15) is 9.59 Å². The van der Waals surface area contributed by atoms with Crippen molar-refractivity contribution >= 4 is 11.5 Å². The predicted octanol–water partition coefficient (Wildman–Crippen LogP) is 0.955. The Kier molecular flexibility index (Phi) is 2.57. The highest BCUT2D eigenvalue weighted by Gasteiger charge is 2.25. The maximum absolute atomic E-state index is 11.7. The number of aromatic amines is 2. The fraction of sp³-hybridized carbons (Fsp3) is 0.455. The number of hydrogen-bond donors (Lipinski definition) is 3. The number of aromatic nitrogens is 2. The van der Waals surface area contributed by atoms with E-state index in [0.29, 0.717) is 11.5 Å². The van der Waals surface area contributed by atoms with Crippen LogP contribution in [-0.2, 0) is 0 Å². The lowest BCUT2D eigenvalue weighted by atomic mass is 10.2. The number of rotatable bonds is 1. The second-order valence-corrected chi connectivity index (χ2v) is 4.43. The maximum atomic E-state index is 11.7. The zero-order valence-electron chi connectivity index (χ0n) is 10.3. The van der Waals surface area contributed by atoms with Gasteiger partial charge < -0.3 is 10.2 Å². The molecule has 2 heterocycles. The molecule has 17 heavy (non-hydrogen) atoms. The van der Waals surface area contributed by atoms with Crippen LogP contribution < -0.4 is 21.5 Å². The fourth-order valence-electron chi connectivity index (χ4n) is 2.04. The van der Waals surface area contributed by atoms with Crippen LogP contribution in [-0.4, -0.2) is 16.0 Å². The van der Waals surface area contributed by atoms with E-state index in [1.165, 1.54) is 0 Å². The molecule has 0 saturated carbocycles. The lowest BCUT2D eigenvalue weighted by Gasteiger charge is -2.35. The smallest absolute Gasteiger partial charge is 0.327 e. The van der Waals surface area contributed by atoms with E-state index >= 15 is 0 Å². The standard InChI is InChI=1S/C11H16N4O2/c1-5(2)15-7(4)6(3)12-8-9(15)13-11(17)14-10(8)16/h5,12H,1-4H3,(H2,13,14,16,17). The Morgan fingerprint density at radius 1 is 1.12 bits per heavy atom. The second kappa shape index (κ2) is 3.80. The second-order valence-electron chi connectivity index (χ2n) is 4.43. The molecule has 0 saturated heterocycles. The van der Waals surface area contributed by atoms with Gasteiger partial charge in [0.05, 0.1) is 0 Å². The fourth-order valence-corrected chi connectivity index (χ4v) is 2.04. The number of nitrogens with one attached hydrogen (secondary N) is 3. The number of allylic oxidation sites excluding steroid dienone is 2. The van der Waals surface area contributed by atoms with Crippen molar-refractivity contribution in [2.45, 2.75) is 33.7 Å². The molecule has 0 aliphatic carbocycles. The molecule has 6 heteroatoms. The number of nitrogens with zero attached hydrogens (tertiary/aromatic N) is 1. The van der Waals surface area contributed by atoms with Crippen molar-refractivity contribution in [3.05, 3.63) is 32.2 Å². The minimum absolute atomic E-state index is 0.156. The third-order valence-electron chi connectivity index (χ3n) is 2.90. The Bertz CT molecular complexity index is 594. The first kappa shape index (κ1) is 11.5. The summed E-state index contributed by atoms with van der Waals surface area (Å²) < 4.78 is 0. The van der Waals surface area contributed by atoms with Gasteiger partial charge in [-0.1, -0.05) is 0 Å². The molecule has 0 amide bonds. The first-order valence-corrected chi connectivity index (χ1v) is 5.52. The van der Waals surface area contributed by atoms with Gasteiger partial charge in [-0.25, -0.2) is 4.79 Å². The summed E-state index contributed by atoms with van der Waals surface area (Å²) >= 11 is 0. The number of H-pyrrole nitrogens is 2. The van der Waals surface area contributed by atoms with Gasteiger partial charge in [-0.2, -0.15) is 0 Å². The van der Waals surface area contributed by atoms with Gasteiger partial charge in [0.2, 0.25) is 0 Å². The van der Waals surface area contributed by atoms with Crippen LogP contribution in [0.25, 0.3) is 0 Å². The van der Waals surface area contributed by atoms with E-state index in [2.05, 4.69) is 15.3 Å². The molecule has 92 valence electrons. The van der Waals surface area contributed by atoms with Gasteiger partial charge in [-0.15, -0.1) is 0 Å². The monoisotopic (exact) mass is 236 g/mol. The van der Waals surface area contributed by atoms with Gasteiger partial charge in [-0.3, -0.25) is 14.8 Å². The van der Waals surface area contributed by atoms with Crippen molar-refractivity contribution in [2.24, 2.45) is 0 Å². The van der Waals surface area contributed by atoms with E-state index in [4.69, 9.17) is 0 Å². The van der Waals surface area contributed by atoms with Crippen LogP contribution in [0, 0.1) is 0 Å². The molecule has 0 aromatic carbocycles. The Balaban J connectivity index is 2.73. The predicted molar refractivity (Wildman–Crippen MR) is 67.3 cm³/mol. The van der Waals surface area contributed by atoms with Crippen LogP contribution in [0.2, 0.25) is 0 Å². The van der Waals surface area contributed by atoms with Crippen molar-refractivity contribution in [2.75, 3.05) is 10.2 Å². The Morgan fingerprint density at radius 2 is 1.76 bits per heavy atom. The van der Waals surface area contributed by atoms with Gasteiger partial charge in [0, 0.05) is 17.4 Å². The number of anilines is 2. The normalized spacial score (nSPS) is 15.0. The lowest BCUT2D eigenvalue weighted by molar-refractivity contribution is 0.724. The molecule has 0 bridgehead atoms. The quantitative estimate of drug-likeness (QED) is 0.678. The van der Waals surface area contributed by atoms with Crippen molar-refractivity contribution < 1.29 is 0 Å². The molecule has 1 aromatic heterocycles. The molecule has 0 atom stereocenters. The third kappa shape index (κ3) is 1.75. The molecule has 0 fully saturated rings. The zero-order chi connectivity index (χ0) is 12.7. The third-order valence-corrected chi connectivity index (χ3v) is 2.90. The Hall–Kier alpha value is -1.98. The van der Waals surface area contributed by atoms with E-state index in [1.807, 2.05) is 32.6 Å². The molecule has 0 unspecified atom stereocenters. The van der Waals surface area contributed by atoms with Crippen LogP contribution in [0.3, 0.4) is 0 Å². The highest BCUT2D eigenvalue weighted by Crippen LogP contribution is 2.31. The number of hydrogen-bond acceptors (Lipinski definition) is 4. The van der Waals surface area contributed by atoms with Crippen LogP contribution in [0.5, 0.6) is 0 Å². The summed E-state index contributed by atoms with van der Waals surface area (Å²) in [5, 5.41) is 3.01. The van der Waals surface area contributed by atoms with Crippen molar-refractivity contribution in [1.29, 1.82) is 0 Å². The zero-order valence-corrected chi connectivity index (χ0v) is 10.3. The summed E-state index contributed by atoms with van der Waals surface area (Å²) in [5.74, 6) is 0.525. The van der Waals surface area contributed by atoms with Crippen LogP contribution in [0.4, 0.5) is 11.5 Å². The van der Waals surface area contributed by atoms with Crippen LogP contribution >= 0.6 is 0 Å². The lowest BCUT2D eigenvalue weighted by Crippen LogP contribution is -2.39. The molecular formula is C11H16N4O2. The SMILES string of the molecule is CC1=C(C)N(C(C)C)c2[nH]c(=O)[nH]c(=O)c2N1. The Labute approximate surface area is 98.4 Å². The van der Waals surface area contributed by atoms with Crippen molar-refractivity contribution in [1.82, 2.24) is 9.97 Å². The molecule has 1 aliphatic heterocycles. The topological polar surface area (TPSA) is 81.0 Å². The molecule has 0 spiro atoms. The first-order chi connectivity index (χ1) is 7.91. The molecule has 3 N–H and O–H groups in total. The minimum Gasteiger partial charge on any atom is -0.350 e. The summed E-state index contributed by atoms with van der Waals surface area (Å²) in [6.07, 6.45) is 0. The maximum Gasteiger partial charge on any atom is 0.327 e. The molecule has 2 rings (SSSR count). The van der Waals surface area contributed by atoms with E-state index in [-0.39, 0.29) is 6.04 Å². The minimum atomic E-state index is -0.492. The van der Waals surface area contributed by atoms with E-state index in [0.717, 1.165) is 11.4 Å². The Morgan fingerprint density at radius 3 is 2.35 bits per heavy atom. The molecule has 1 aromatic rings. The van der Waals surface area contributed by atoms with Gasteiger partial charge in [0.25, 0.3) is 5.56 Å². The summed E-state index contributed by atoms with van der Waals surface area (Å²) in [6.45, 7) is 7.86. The average molecular weight is 236 g/mol. The molecule has 6 nitrogen and oxygen atoms in total. The summed E-state index contributed by atoms with van der Waals surface area (Å²) in [4.78, 5) is 29.9. The van der Waals surface area contributed by atoms with Gasteiger partial charge in [0.1, 0.15) is 11.5 Å². The highest BCUT2D eigenvalue weighted by molar-refractivity contribution is 5.73. The van der Waals surface area contributed by atoms with E-state index in [1.54, 1.807) is 0 Å². The first-order valence-electron chi connectivity index (χ1n) is 5.52. The summed E-state index contributed by atoms with van der Waals surface area (Å²) in [6, 6.07) is 0.156. The molecule has 0 radical (unpaired) electrons. The largest absolute Gasteiger partial charge is 0.350 e. The van der Waals surface area contributed by atoms with Gasteiger partial charge in [-0.05, 0) is 27.7 Å².